The molecule has 0 aliphatic rings. The van der Waals surface area contributed by atoms with E-state index < -0.39 is 12.1 Å². The lowest BCUT2D eigenvalue weighted by Gasteiger charge is -2.07. The molecule has 1 aromatic heterocycles. The van der Waals surface area contributed by atoms with Crippen LogP contribution in [0, 0.1) is 5.82 Å². The van der Waals surface area contributed by atoms with Gasteiger partial charge in [-0.2, -0.15) is 13.2 Å². The van der Waals surface area contributed by atoms with Crippen LogP contribution in [0.2, 0.25) is 0 Å². The summed E-state index contributed by atoms with van der Waals surface area (Å²) < 4.78 is 57.3. The van der Waals surface area contributed by atoms with Crippen molar-refractivity contribution in [2.24, 2.45) is 16.5 Å². The average Bonchev–Trinajstić information content (AvgIpc) is 3.31. The van der Waals surface area contributed by atoms with E-state index in [1.165, 1.54) is 12.1 Å². The number of aliphatic carboxylic acids is 1. The number of nitrogens with one attached hydrogen (secondary N) is 1. The fourth-order valence-electron chi connectivity index (χ4n) is 3.03. The lowest BCUT2D eigenvalue weighted by atomic mass is 10.2. The van der Waals surface area contributed by atoms with Gasteiger partial charge in [-0.1, -0.05) is 23.5 Å². The van der Waals surface area contributed by atoms with Crippen LogP contribution in [0.25, 0.3) is 10.2 Å². The number of carboxylic acids is 1. The molecule has 9 nitrogen and oxygen atoms in total. The monoisotopic (exact) mass is 579 g/mol. The number of aliphatic imine (C=N–C) groups is 1. The Morgan fingerprint density at radius 3 is 2.25 bits per heavy atom. The fraction of sp³-hybridized carbons (Fsp3) is 0.192. The van der Waals surface area contributed by atoms with Crippen LogP contribution in [-0.4, -0.2) is 41.3 Å². The minimum Gasteiger partial charge on any atom is -0.494 e. The van der Waals surface area contributed by atoms with Gasteiger partial charge in [-0.05, 0) is 54.1 Å². The molecule has 0 aliphatic heterocycles. The van der Waals surface area contributed by atoms with Gasteiger partial charge >= 0.3 is 12.1 Å². The third-order valence-corrected chi connectivity index (χ3v) is 5.86. The van der Waals surface area contributed by atoms with E-state index in [1.807, 2.05) is 42.5 Å². The first-order chi connectivity index (χ1) is 19.0. The van der Waals surface area contributed by atoms with Crippen molar-refractivity contribution in [2.45, 2.75) is 19.1 Å². The molecule has 0 amide bonds. The molecule has 0 radical (unpaired) electrons. The number of benzene rings is 3. The third-order valence-electron chi connectivity index (χ3n) is 4.88. The Balaban J connectivity index is 0.000000559. The van der Waals surface area contributed by atoms with Gasteiger partial charge in [0.15, 0.2) is 11.1 Å². The Bertz CT molecular complexity index is 1420. The molecule has 4 rings (SSSR count). The van der Waals surface area contributed by atoms with Gasteiger partial charge in [0.05, 0.1) is 16.8 Å². The van der Waals surface area contributed by atoms with E-state index in [-0.39, 0.29) is 11.8 Å². The Morgan fingerprint density at radius 2 is 1.62 bits per heavy atom. The van der Waals surface area contributed by atoms with Crippen molar-refractivity contribution in [3.63, 3.8) is 0 Å². The molecule has 40 heavy (non-hydrogen) atoms. The second-order valence-electron chi connectivity index (χ2n) is 8.01. The number of alkyl halides is 3. The van der Waals surface area contributed by atoms with Crippen LogP contribution < -0.4 is 26.3 Å². The van der Waals surface area contributed by atoms with Crippen molar-refractivity contribution in [1.82, 2.24) is 4.98 Å². The van der Waals surface area contributed by atoms with Gasteiger partial charge in [-0.15, -0.1) is 0 Å². The Labute approximate surface area is 230 Å². The Morgan fingerprint density at radius 1 is 1.00 bits per heavy atom. The number of ether oxygens (including phenoxy) is 2. The van der Waals surface area contributed by atoms with Crippen LogP contribution >= 0.6 is 11.3 Å². The molecule has 14 heteroatoms. The molecule has 0 aliphatic carbocycles. The summed E-state index contributed by atoms with van der Waals surface area (Å²) in [4.78, 5) is 17.4. The van der Waals surface area contributed by atoms with Gasteiger partial charge in [0, 0.05) is 25.6 Å². The largest absolute Gasteiger partial charge is 0.494 e. The van der Waals surface area contributed by atoms with Gasteiger partial charge in [0.2, 0.25) is 0 Å². The molecule has 0 saturated carbocycles. The maximum absolute atomic E-state index is 13.1. The number of nitrogens with zero attached hydrogens (tertiary/aromatic N) is 2. The molecular formula is C26H25F4N5O4S. The van der Waals surface area contributed by atoms with Crippen molar-refractivity contribution < 1.29 is 36.9 Å². The number of anilines is 1. The van der Waals surface area contributed by atoms with E-state index in [2.05, 4.69) is 15.3 Å². The molecule has 4 aromatic rings. The van der Waals surface area contributed by atoms with E-state index >= 15 is 0 Å². The highest BCUT2D eigenvalue weighted by molar-refractivity contribution is 7.22. The molecule has 0 atom stereocenters. The third kappa shape index (κ3) is 9.94. The SMILES string of the molecule is NC(N)=NCCCOc1ccc(CNc2nc3ccc(Oc4ccc(F)cc4)cc3s2)cc1.O=C(O)C(F)(F)F. The maximum atomic E-state index is 13.1. The summed E-state index contributed by atoms with van der Waals surface area (Å²) in [6, 6.07) is 19.5. The van der Waals surface area contributed by atoms with E-state index in [4.69, 9.17) is 30.8 Å². The number of hydrogen-bond donors (Lipinski definition) is 4. The maximum Gasteiger partial charge on any atom is 0.490 e. The van der Waals surface area contributed by atoms with Gasteiger partial charge < -0.3 is 31.4 Å². The van der Waals surface area contributed by atoms with E-state index in [0.717, 1.165) is 33.1 Å². The molecule has 0 bridgehead atoms. The first-order valence-electron chi connectivity index (χ1n) is 11.6. The molecule has 0 fully saturated rings. The zero-order valence-corrected chi connectivity index (χ0v) is 21.6. The highest BCUT2D eigenvalue weighted by atomic mass is 32.1. The highest BCUT2D eigenvalue weighted by Gasteiger charge is 2.38. The topological polar surface area (TPSA) is 145 Å². The number of guanidine groups is 1. The normalized spacial score (nSPS) is 10.8. The van der Waals surface area contributed by atoms with Gasteiger partial charge in [0.25, 0.3) is 0 Å². The van der Waals surface area contributed by atoms with E-state index in [0.29, 0.717) is 31.2 Å². The summed E-state index contributed by atoms with van der Waals surface area (Å²) >= 11 is 1.55. The second-order valence-corrected chi connectivity index (χ2v) is 9.04. The molecule has 0 spiro atoms. The molecule has 0 saturated heterocycles. The number of fused-ring (bicyclic) bond motifs is 1. The standard InChI is InChI=1S/C24H24FN5O2S.C2HF3O2/c25-17-4-8-19(9-5-17)32-20-10-11-21-22(14-20)33-24(30-21)29-15-16-2-6-18(7-3-16)31-13-1-12-28-23(26)27;3-2(4,5)1(6)7/h2-11,14H,1,12-13,15H2,(H,29,30)(H4,26,27,28);(H,6,7). The number of hydrogen-bond acceptors (Lipinski definition) is 7. The molecule has 6 N–H and O–H groups in total. The van der Waals surface area contributed by atoms with Gasteiger partial charge in [-0.25, -0.2) is 14.2 Å². The van der Waals surface area contributed by atoms with Crippen molar-refractivity contribution >= 4 is 38.6 Å². The number of thiazole rings is 1. The smallest absolute Gasteiger partial charge is 0.490 e. The highest BCUT2D eigenvalue weighted by Crippen LogP contribution is 2.31. The molecular weight excluding hydrogens is 554 g/mol. The summed E-state index contributed by atoms with van der Waals surface area (Å²) in [6.07, 6.45) is -4.34. The first-order valence-corrected chi connectivity index (χ1v) is 12.5. The Hall–Kier alpha value is -4.59. The minimum atomic E-state index is -5.08. The predicted molar refractivity (Wildman–Crippen MR) is 144 cm³/mol. The number of carbonyl (C=O) groups is 1. The number of rotatable bonds is 10. The lowest BCUT2D eigenvalue weighted by Crippen LogP contribution is -2.23. The lowest BCUT2D eigenvalue weighted by molar-refractivity contribution is -0.192. The summed E-state index contributed by atoms with van der Waals surface area (Å²) in [7, 11) is 0. The molecule has 212 valence electrons. The average molecular weight is 580 g/mol. The van der Waals surface area contributed by atoms with Crippen molar-refractivity contribution in [1.29, 1.82) is 0 Å². The second kappa shape index (κ2) is 14.0. The Kier molecular flexibility index (Phi) is 10.5. The van der Waals surface area contributed by atoms with Crippen LogP contribution in [0.1, 0.15) is 12.0 Å². The number of nitrogens with two attached hydrogens (primary N) is 2. The number of carboxylic acid groups (broad SMARTS) is 1. The summed E-state index contributed by atoms with van der Waals surface area (Å²) in [5.74, 6) is -0.890. The van der Waals surface area contributed by atoms with Crippen LogP contribution in [0.5, 0.6) is 17.2 Å². The zero-order chi connectivity index (χ0) is 29.1. The zero-order valence-electron chi connectivity index (χ0n) is 20.8. The van der Waals surface area contributed by atoms with Crippen LogP contribution in [0.15, 0.2) is 71.7 Å². The summed E-state index contributed by atoms with van der Waals surface area (Å²) in [6.45, 7) is 1.74. The fourth-order valence-corrected chi connectivity index (χ4v) is 3.92. The summed E-state index contributed by atoms with van der Waals surface area (Å²) in [5.41, 5.74) is 12.6. The van der Waals surface area contributed by atoms with Gasteiger partial charge in [-0.3, -0.25) is 4.99 Å². The van der Waals surface area contributed by atoms with Crippen LogP contribution in [-0.2, 0) is 11.3 Å². The van der Waals surface area contributed by atoms with Crippen molar-refractivity contribution in [3.8, 4) is 17.2 Å². The first kappa shape index (κ1) is 30.0. The minimum absolute atomic E-state index is 0.0961. The molecule has 3 aromatic carbocycles. The van der Waals surface area contributed by atoms with Crippen molar-refractivity contribution in [2.75, 3.05) is 18.5 Å². The molecule has 1 heterocycles. The molecule has 0 unspecified atom stereocenters. The van der Waals surface area contributed by atoms with E-state index in [1.54, 1.807) is 23.5 Å². The van der Waals surface area contributed by atoms with Crippen molar-refractivity contribution in [3.05, 3.63) is 78.1 Å². The van der Waals surface area contributed by atoms with Crippen LogP contribution in [0.4, 0.5) is 22.7 Å². The number of aromatic nitrogens is 1. The van der Waals surface area contributed by atoms with E-state index in [9.17, 15) is 17.6 Å². The van der Waals surface area contributed by atoms with Crippen LogP contribution in [0.3, 0.4) is 0 Å². The quantitative estimate of drug-likeness (QED) is 0.0832. The van der Waals surface area contributed by atoms with Gasteiger partial charge in [0.1, 0.15) is 23.1 Å². The predicted octanol–water partition coefficient (Wildman–Crippen LogP) is 5.52. The summed E-state index contributed by atoms with van der Waals surface area (Å²) in [5, 5.41) is 11.3. The number of halogens is 4.